The Morgan fingerprint density at radius 1 is 0.933 bits per heavy atom. The zero-order chi connectivity index (χ0) is 12.4. The molecule has 0 aromatic heterocycles. The van der Waals surface area contributed by atoms with E-state index < -0.39 is 28.5 Å². The molecular formula is C5H15N2O5PS2. The van der Waals surface area contributed by atoms with Crippen molar-refractivity contribution >= 4 is 28.5 Å². The number of hydrogen-bond donors (Lipinski definition) is 0. The van der Waals surface area contributed by atoms with Crippen LogP contribution in [0.1, 0.15) is 0 Å². The van der Waals surface area contributed by atoms with Crippen LogP contribution in [-0.4, -0.2) is 58.7 Å². The maximum atomic E-state index is 11.2. The van der Waals surface area contributed by atoms with Crippen molar-refractivity contribution in [2.24, 2.45) is 0 Å². The predicted octanol–water partition coefficient (Wildman–Crippen LogP) is -0.357. The van der Waals surface area contributed by atoms with Gasteiger partial charge in [-0.2, -0.15) is 0 Å². The van der Waals surface area contributed by atoms with Gasteiger partial charge in [-0.1, -0.05) is 0 Å². The SMILES string of the molecule is COP(N(C)S(C)(=O)=O)N(C)S(C)(=O)=O. The first-order valence-corrected chi connectivity index (χ1v) is 8.60. The van der Waals surface area contributed by atoms with Crippen LogP contribution in [0.4, 0.5) is 0 Å². The largest absolute Gasteiger partial charge is 0.333 e. The quantitative estimate of drug-likeness (QED) is 0.641. The lowest BCUT2D eigenvalue weighted by atomic mass is 11.6. The molecule has 10 heteroatoms. The molecule has 0 rings (SSSR count). The van der Waals surface area contributed by atoms with Crippen LogP contribution in [0.25, 0.3) is 0 Å². The molecule has 15 heavy (non-hydrogen) atoms. The van der Waals surface area contributed by atoms with Gasteiger partial charge in [-0.3, -0.25) is 0 Å². The fourth-order valence-electron chi connectivity index (χ4n) is 0.661. The Bertz CT molecular complexity index is 367. The molecule has 0 fully saturated rings. The fourth-order valence-corrected chi connectivity index (χ4v) is 4.70. The smallest absolute Gasteiger partial charge is 0.217 e. The minimum Gasteiger partial charge on any atom is -0.333 e. The van der Waals surface area contributed by atoms with Gasteiger partial charge in [0, 0.05) is 21.2 Å². The Balaban J connectivity index is 5.12. The first-order chi connectivity index (χ1) is 6.51. The van der Waals surface area contributed by atoms with Crippen LogP contribution in [0.3, 0.4) is 0 Å². The normalized spacial score (nSPS) is 14.1. The van der Waals surface area contributed by atoms with E-state index in [1.165, 1.54) is 21.2 Å². The summed E-state index contributed by atoms with van der Waals surface area (Å²) in [4.78, 5) is 0. The van der Waals surface area contributed by atoms with E-state index in [1.54, 1.807) is 0 Å². The molecule has 0 heterocycles. The fraction of sp³-hybridized carbons (Fsp3) is 1.00. The maximum Gasteiger partial charge on any atom is 0.217 e. The third-order valence-electron chi connectivity index (χ3n) is 1.61. The molecule has 0 aromatic carbocycles. The van der Waals surface area contributed by atoms with Crippen molar-refractivity contribution in [1.82, 2.24) is 8.15 Å². The van der Waals surface area contributed by atoms with Gasteiger partial charge in [0.2, 0.25) is 28.5 Å². The number of rotatable bonds is 5. The molecule has 0 radical (unpaired) electrons. The summed E-state index contributed by atoms with van der Waals surface area (Å²) in [5.41, 5.74) is 0. The highest BCUT2D eigenvalue weighted by Gasteiger charge is 2.32. The van der Waals surface area contributed by atoms with E-state index in [0.717, 1.165) is 20.7 Å². The van der Waals surface area contributed by atoms with E-state index in [1.807, 2.05) is 0 Å². The summed E-state index contributed by atoms with van der Waals surface area (Å²) in [6.45, 7) is 0. The lowest BCUT2D eigenvalue weighted by Gasteiger charge is -2.29. The van der Waals surface area contributed by atoms with Crippen LogP contribution >= 0.6 is 8.45 Å². The topological polar surface area (TPSA) is 84.0 Å². The van der Waals surface area contributed by atoms with Crippen LogP contribution in [0.5, 0.6) is 0 Å². The summed E-state index contributed by atoms with van der Waals surface area (Å²) in [6, 6.07) is 0. The zero-order valence-electron chi connectivity index (χ0n) is 9.20. The Kier molecular flexibility index (Phi) is 5.10. The summed E-state index contributed by atoms with van der Waals surface area (Å²) in [7, 11) is -5.04. The second kappa shape index (κ2) is 5.03. The summed E-state index contributed by atoms with van der Waals surface area (Å²) in [6.07, 6.45) is 1.97. The van der Waals surface area contributed by atoms with Gasteiger partial charge in [0.1, 0.15) is 0 Å². The molecule has 0 saturated carbocycles. The van der Waals surface area contributed by atoms with Gasteiger partial charge in [-0.15, -0.1) is 8.15 Å². The highest BCUT2D eigenvalue weighted by molar-refractivity contribution is 7.97. The average Bonchev–Trinajstić information content (AvgIpc) is 2.01. The number of hydrogen-bond acceptors (Lipinski definition) is 5. The minimum atomic E-state index is -3.49. The monoisotopic (exact) mass is 278 g/mol. The highest BCUT2D eigenvalue weighted by atomic mass is 32.2. The average molecular weight is 278 g/mol. The maximum absolute atomic E-state index is 11.2. The summed E-state index contributed by atoms with van der Waals surface area (Å²) in [5, 5.41) is 0. The van der Waals surface area contributed by atoms with Crippen molar-refractivity contribution in [2.75, 3.05) is 33.7 Å². The molecule has 0 aromatic rings. The molecule has 0 bridgehead atoms. The number of sulfonamides is 2. The molecule has 0 atom stereocenters. The predicted molar refractivity (Wildman–Crippen MR) is 59.1 cm³/mol. The van der Waals surface area contributed by atoms with E-state index in [4.69, 9.17) is 4.52 Å². The molecule has 0 amide bonds. The van der Waals surface area contributed by atoms with E-state index in [0.29, 0.717) is 0 Å². The molecule has 0 N–H and O–H groups in total. The Hall–Kier alpha value is 0.210. The lowest BCUT2D eigenvalue weighted by Crippen LogP contribution is -2.31. The van der Waals surface area contributed by atoms with Gasteiger partial charge in [0.25, 0.3) is 0 Å². The summed E-state index contributed by atoms with van der Waals surface area (Å²) in [5.74, 6) is 0. The first kappa shape index (κ1) is 15.2. The second-order valence-corrected chi connectivity index (χ2v) is 9.47. The van der Waals surface area contributed by atoms with E-state index >= 15 is 0 Å². The minimum absolute atomic E-state index is 0.892. The van der Waals surface area contributed by atoms with Gasteiger partial charge in [-0.25, -0.2) is 16.8 Å². The standard InChI is InChI=1S/C5H15N2O5PS2/c1-6(14(4,8)9)13(12-3)7(2)15(5,10)11/h1-5H3. The van der Waals surface area contributed by atoms with E-state index in [9.17, 15) is 16.8 Å². The first-order valence-electron chi connectivity index (χ1n) is 3.73. The van der Waals surface area contributed by atoms with Crippen molar-refractivity contribution in [1.29, 1.82) is 0 Å². The van der Waals surface area contributed by atoms with Crippen LogP contribution < -0.4 is 0 Å². The molecule has 0 unspecified atom stereocenters. The molecular weight excluding hydrogens is 263 g/mol. The molecule has 0 saturated heterocycles. The van der Waals surface area contributed by atoms with E-state index in [-0.39, 0.29) is 0 Å². The van der Waals surface area contributed by atoms with Gasteiger partial charge in [-0.05, 0) is 0 Å². The third kappa shape index (κ3) is 4.29. The van der Waals surface area contributed by atoms with Crippen molar-refractivity contribution in [3.63, 3.8) is 0 Å². The summed E-state index contributed by atoms with van der Waals surface area (Å²) < 4.78 is 51.5. The van der Waals surface area contributed by atoms with Crippen molar-refractivity contribution in [2.45, 2.75) is 0 Å². The van der Waals surface area contributed by atoms with Gasteiger partial charge in [0.05, 0.1) is 12.5 Å². The molecule has 0 spiro atoms. The Morgan fingerprint density at radius 3 is 1.33 bits per heavy atom. The van der Waals surface area contributed by atoms with Gasteiger partial charge < -0.3 is 4.52 Å². The van der Waals surface area contributed by atoms with Gasteiger partial charge >= 0.3 is 0 Å². The van der Waals surface area contributed by atoms with Crippen LogP contribution in [0, 0.1) is 0 Å². The van der Waals surface area contributed by atoms with E-state index in [2.05, 4.69) is 0 Å². The van der Waals surface area contributed by atoms with Crippen LogP contribution in [0.2, 0.25) is 0 Å². The zero-order valence-corrected chi connectivity index (χ0v) is 11.7. The molecule has 7 nitrogen and oxygen atoms in total. The van der Waals surface area contributed by atoms with Crippen LogP contribution in [-0.2, 0) is 24.6 Å². The van der Waals surface area contributed by atoms with Crippen molar-refractivity contribution in [3.8, 4) is 0 Å². The molecule has 0 aliphatic rings. The molecule has 0 aliphatic carbocycles. The van der Waals surface area contributed by atoms with Crippen molar-refractivity contribution < 1.29 is 21.4 Å². The second-order valence-electron chi connectivity index (χ2n) is 2.83. The molecule has 0 aliphatic heterocycles. The van der Waals surface area contributed by atoms with Crippen molar-refractivity contribution in [3.05, 3.63) is 0 Å². The van der Waals surface area contributed by atoms with Gasteiger partial charge in [0.15, 0.2) is 0 Å². The Morgan fingerprint density at radius 2 is 1.20 bits per heavy atom. The third-order valence-corrected chi connectivity index (χ3v) is 7.43. The Labute approximate surface area is 92.1 Å². The molecule has 92 valence electrons. The lowest BCUT2D eigenvalue weighted by molar-refractivity contribution is 0.403. The highest BCUT2D eigenvalue weighted by Crippen LogP contribution is 2.45. The summed E-state index contributed by atoms with van der Waals surface area (Å²) >= 11 is 0. The number of nitrogens with zero attached hydrogens (tertiary/aromatic N) is 2. The van der Waals surface area contributed by atoms with Crippen LogP contribution in [0.15, 0.2) is 0 Å².